The molecule has 0 saturated carbocycles. The number of benzene rings is 2. The Labute approximate surface area is 103 Å². The van der Waals surface area contributed by atoms with Crippen LogP contribution in [0.1, 0.15) is 15.9 Å². The number of carbonyl (C=O) groups is 1. The van der Waals surface area contributed by atoms with E-state index >= 15 is 0 Å². The summed E-state index contributed by atoms with van der Waals surface area (Å²) in [6.45, 7) is 0.0833. The summed E-state index contributed by atoms with van der Waals surface area (Å²) < 4.78 is 17.7. The first-order valence-electron chi connectivity index (χ1n) is 5.36. The van der Waals surface area contributed by atoms with E-state index in [2.05, 4.69) is 0 Å². The first kappa shape index (κ1) is 12.1. The molecule has 2 rings (SSSR count). The summed E-state index contributed by atoms with van der Waals surface area (Å²) in [6.07, 6.45) is 0. The maximum Gasteiger partial charge on any atom is 0.338 e. The van der Waals surface area contributed by atoms with E-state index in [0.29, 0.717) is 11.1 Å². The molecule has 1 N–H and O–H groups in total. The fourth-order valence-corrected chi connectivity index (χ4v) is 1.41. The first-order valence-corrected chi connectivity index (χ1v) is 5.36. The third-order valence-electron chi connectivity index (χ3n) is 2.39. The molecule has 0 radical (unpaired) electrons. The Hall–Kier alpha value is -2.36. The Morgan fingerprint density at radius 3 is 2.28 bits per heavy atom. The minimum Gasteiger partial charge on any atom is -0.508 e. The first-order chi connectivity index (χ1) is 8.65. The van der Waals surface area contributed by atoms with Gasteiger partial charge < -0.3 is 9.84 Å². The van der Waals surface area contributed by atoms with Crippen LogP contribution >= 0.6 is 0 Å². The number of rotatable bonds is 3. The molecule has 0 amide bonds. The van der Waals surface area contributed by atoms with Gasteiger partial charge in [0.25, 0.3) is 0 Å². The molecule has 2 aromatic rings. The number of esters is 1. The molecule has 0 spiro atoms. The van der Waals surface area contributed by atoms with Crippen LogP contribution in [0.4, 0.5) is 4.39 Å². The van der Waals surface area contributed by atoms with Gasteiger partial charge in [-0.3, -0.25) is 0 Å². The second-order valence-corrected chi connectivity index (χ2v) is 3.75. The quantitative estimate of drug-likeness (QED) is 0.847. The van der Waals surface area contributed by atoms with Crippen LogP contribution in [0.5, 0.6) is 5.75 Å². The molecule has 18 heavy (non-hydrogen) atoms. The summed E-state index contributed by atoms with van der Waals surface area (Å²) in [4.78, 5) is 11.6. The van der Waals surface area contributed by atoms with E-state index in [9.17, 15) is 9.18 Å². The Kier molecular flexibility index (Phi) is 3.57. The van der Waals surface area contributed by atoms with Crippen LogP contribution in [0.25, 0.3) is 0 Å². The molecular formula is C14H11FO3. The van der Waals surface area contributed by atoms with Crippen LogP contribution in [-0.4, -0.2) is 11.1 Å². The molecule has 4 heteroatoms. The Bertz CT molecular complexity index is 532. The molecule has 0 aliphatic rings. The lowest BCUT2D eigenvalue weighted by atomic mass is 10.2. The largest absolute Gasteiger partial charge is 0.508 e. The van der Waals surface area contributed by atoms with Crippen molar-refractivity contribution in [1.29, 1.82) is 0 Å². The number of phenols is 1. The molecule has 0 aliphatic heterocycles. The number of hydrogen-bond acceptors (Lipinski definition) is 3. The highest BCUT2D eigenvalue weighted by molar-refractivity contribution is 5.89. The molecule has 0 unspecified atom stereocenters. The predicted octanol–water partition coefficient (Wildman–Crippen LogP) is 2.89. The molecule has 3 nitrogen and oxygen atoms in total. The second-order valence-electron chi connectivity index (χ2n) is 3.75. The number of halogens is 1. The zero-order chi connectivity index (χ0) is 13.0. The number of phenolic OH excluding ortho intramolecular Hbond substituents is 1. The Balaban J connectivity index is 1.96. The third-order valence-corrected chi connectivity index (χ3v) is 2.39. The molecule has 0 fully saturated rings. The lowest BCUT2D eigenvalue weighted by molar-refractivity contribution is 0.0472. The molecule has 2 aromatic carbocycles. The van der Waals surface area contributed by atoms with Crippen LogP contribution in [0, 0.1) is 5.82 Å². The molecule has 0 aliphatic carbocycles. The number of carbonyl (C=O) groups excluding carboxylic acids is 1. The van der Waals surface area contributed by atoms with Gasteiger partial charge in [0.1, 0.15) is 18.2 Å². The van der Waals surface area contributed by atoms with Crippen molar-refractivity contribution in [3.8, 4) is 5.75 Å². The van der Waals surface area contributed by atoms with E-state index in [-0.39, 0.29) is 18.2 Å². The van der Waals surface area contributed by atoms with Crippen molar-refractivity contribution in [2.45, 2.75) is 6.61 Å². The third kappa shape index (κ3) is 3.07. The van der Waals surface area contributed by atoms with Gasteiger partial charge in [0, 0.05) is 0 Å². The molecule has 0 saturated heterocycles. The highest BCUT2D eigenvalue weighted by Gasteiger charge is 2.07. The smallest absolute Gasteiger partial charge is 0.338 e. The predicted molar refractivity (Wildman–Crippen MR) is 63.6 cm³/mol. The molecule has 92 valence electrons. The van der Waals surface area contributed by atoms with Gasteiger partial charge in [-0.15, -0.1) is 0 Å². The lowest BCUT2D eigenvalue weighted by Gasteiger charge is -2.05. The van der Waals surface area contributed by atoms with E-state index in [1.807, 2.05) is 0 Å². The van der Waals surface area contributed by atoms with Gasteiger partial charge in [0.2, 0.25) is 0 Å². The van der Waals surface area contributed by atoms with E-state index in [1.165, 1.54) is 36.4 Å². The van der Waals surface area contributed by atoms with Crippen molar-refractivity contribution in [3.05, 3.63) is 65.5 Å². The van der Waals surface area contributed by atoms with E-state index in [1.54, 1.807) is 12.1 Å². The fraction of sp³-hybridized carbons (Fsp3) is 0.0714. The monoisotopic (exact) mass is 246 g/mol. The summed E-state index contributed by atoms with van der Waals surface area (Å²) in [5.41, 5.74) is 1.07. The summed E-state index contributed by atoms with van der Waals surface area (Å²) in [6, 6.07) is 11.5. The molecular weight excluding hydrogens is 235 g/mol. The SMILES string of the molecule is O=C(OCc1ccc(F)cc1)c1ccc(O)cc1. The van der Waals surface area contributed by atoms with Crippen molar-refractivity contribution in [2.75, 3.05) is 0 Å². The van der Waals surface area contributed by atoms with Crippen LogP contribution in [0.2, 0.25) is 0 Å². The minimum absolute atomic E-state index is 0.0833. The zero-order valence-corrected chi connectivity index (χ0v) is 9.47. The Morgan fingerprint density at radius 2 is 1.67 bits per heavy atom. The topological polar surface area (TPSA) is 46.5 Å². The number of aromatic hydroxyl groups is 1. The molecule has 0 bridgehead atoms. The highest BCUT2D eigenvalue weighted by atomic mass is 19.1. The normalized spacial score (nSPS) is 10.1. The van der Waals surface area contributed by atoms with Crippen molar-refractivity contribution in [2.24, 2.45) is 0 Å². The minimum atomic E-state index is -0.487. The van der Waals surface area contributed by atoms with Crippen LogP contribution in [0.15, 0.2) is 48.5 Å². The van der Waals surface area contributed by atoms with Gasteiger partial charge in [0.15, 0.2) is 0 Å². The van der Waals surface area contributed by atoms with Gasteiger partial charge in [-0.2, -0.15) is 0 Å². The second kappa shape index (κ2) is 5.31. The zero-order valence-electron chi connectivity index (χ0n) is 9.47. The maximum absolute atomic E-state index is 12.7. The summed E-state index contributed by atoms with van der Waals surface area (Å²) in [7, 11) is 0. The number of hydrogen-bond donors (Lipinski definition) is 1. The van der Waals surface area contributed by atoms with Crippen molar-refractivity contribution in [1.82, 2.24) is 0 Å². The van der Waals surface area contributed by atoms with Crippen LogP contribution in [0.3, 0.4) is 0 Å². The summed E-state index contributed by atoms with van der Waals surface area (Å²) in [5.74, 6) is -0.729. The van der Waals surface area contributed by atoms with Crippen molar-refractivity contribution >= 4 is 5.97 Å². The highest BCUT2D eigenvalue weighted by Crippen LogP contribution is 2.12. The van der Waals surface area contributed by atoms with E-state index < -0.39 is 5.97 Å². The number of ether oxygens (including phenoxy) is 1. The summed E-state index contributed by atoms with van der Waals surface area (Å²) >= 11 is 0. The Morgan fingerprint density at radius 1 is 1.06 bits per heavy atom. The average Bonchev–Trinajstić information content (AvgIpc) is 2.38. The van der Waals surface area contributed by atoms with Gasteiger partial charge in [-0.05, 0) is 42.0 Å². The van der Waals surface area contributed by atoms with E-state index in [0.717, 1.165) is 0 Å². The van der Waals surface area contributed by atoms with Crippen molar-refractivity contribution in [3.63, 3.8) is 0 Å². The average molecular weight is 246 g/mol. The van der Waals surface area contributed by atoms with Gasteiger partial charge >= 0.3 is 5.97 Å². The fourth-order valence-electron chi connectivity index (χ4n) is 1.41. The van der Waals surface area contributed by atoms with Gasteiger partial charge in [-0.25, -0.2) is 9.18 Å². The van der Waals surface area contributed by atoms with E-state index in [4.69, 9.17) is 9.84 Å². The van der Waals surface area contributed by atoms with Gasteiger partial charge in [-0.1, -0.05) is 12.1 Å². The summed E-state index contributed by atoms with van der Waals surface area (Å²) in [5, 5.41) is 9.08. The maximum atomic E-state index is 12.7. The van der Waals surface area contributed by atoms with Crippen LogP contribution in [-0.2, 0) is 11.3 Å². The molecule has 0 heterocycles. The van der Waals surface area contributed by atoms with Crippen molar-refractivity contribution < 1.29 is 19.0 Å². The van der Waals surface area contributed by atoms with Gasteiger partial charge in [0.05, 0.1) is 5.56 Å². The standard InChI is InChI=1S/C14H11FO3/c15-12-5-1-10(2-6-12)9-18-14(17)11-3-7-13(16)8-4-11/h1-8,16H,9H2. The molecule has 0 aromatic heterocycles. The molecule has 0 atom stereocenters. The lowest BCUT2D eigenvalue weighted by Crippen LogP contribution is -2.04. The van der Waals surface area contributed by atoms with Crippen LogP contribution < -0.4 is 0 Å².